The molecule has 17 heavy (non-hydrogen) atoms. The maximum absolute atomic E-state index is 11.4. The maximum atomic E-state index is 11.4. The Kier molecular flexibility index (Phi) is 2.93. The van der Waals surface area contributed by atoms with E-state index < -0.39 is 0 Å². The number of amides is 1. The molecule has 5 nitrogen and oxygen atoms in total. The van der Waals surface area contributed by atoms with Gasteiger partial charge in [0.25, 0.3) is 5.91 Å². The van der Waals surface area contributed by atoms with E-state index in [1.54, 1.807) is 17.8 Å². The van der Waals surface area contributed by atoms with Crippen LogP contribution >= 0.6 is 0 Å². The van der Waals surface area contributed by atoms with E-state index in [9.17, 15) is 4.79 Å². The molecular formula is C12H14N4O. The lowest BCUT2D eigenvalue weighted by Crippen LogP contribution is -2.30. The third kappa shape index (κ3) is 2.19. The number of hydrogen-bond donors (Lipinski definition) is 2. The van der Waals surface area contributed by atoms with Crippen LogP contribution in [0.5, 0.6) is 0 Å². The molecule has 0 fully saturated rings. The number of benzene rings is 1. The van der Waals surface area contributed by atoms with Crippen LogP contribution in [-0.2, 0) is 7.05 Å². The molecule has 0 radical (unpaired) electrons. The van der Waals surface area contributed by atoms with E-state index in [1.807, 2.05) is 31.2 Å². The van der Waals surface area contributed by atoms with Crippen LogP contribution in [0.25, 0.3) is 11.3 Å². The second-order valence-electron chi connectivity index (χ2n) is 3.88. The Labute approximate surface area is 99.2 Å². The standard InChI is InChI=1S/C12H14N4O/c1-8-3-5-9(6-4-8)11-7-10(12(17)14-13)15-16(11)2/h3-7H,13H2,1-2H3,(H,14,17). The monoisotopic (exact) mass is 230 g/mol. The highest BCUT2D eigenvalue weighted by molar-refractivity contribution is 5.92. The van der Waals surface area contributed by atoms with Crippen molar-refractivity contribution < 1.29 is 4.79 Å². The second-order valence-corrected chi connectivity index (χ2v) is 3.88. The molecule has 0 unspecified atom stereocenters. The highest BCUT2D eigenvalue weighted by Gasteiger charge is 2.12. The van der Waals surface area contributed by atoms with Crippen molar-refractivity contribution in [2.45, 2.75) is 6.92 Å². The zero-order valence-corrected chi connectivity index (χ0v) is 9.77. The number of aryl methyl sites for hydroxylation is 2. The fourth-order valence-electron chi connectivity index (χ4n) is 1.65. The first-order valence-corrected chi connectivity index (χ1v) is 5.24. The molecule has 3 N–H and O–H groups in total. The zero-order valence-electron chi connectivity index (χ0n) is 9.77. The van der Waals surface area contributed by atoms with Gasteiger partial charge in [0, 0.05) is 7.05 Å². The summed E-state index contributed by atoms with van der Waals surface area (Å²) in [5, 5.41) is 4.10. The van der Waals surface area contributed by atoms with Crippen molar-refractivity contribution in [3.63, 3.8) is 0 Å². The van der Waals surface area contributed by atoms with Crippen molar-refractivity contribution >= 4 is 5.91 Å². The minimum Gasteiger partial charge on any atom is -0.289 e. The summed E-state index contributed by atoms with van der Waals surface area (Å²) < 4.78 is 1.66. The number of carbonyl (C=O) groups excluding carboxylic acids is 1. The first-order chi connectivity index (χ1) is 8.11. The normalized spacial score (nSPS) is 10.3. The Morgan fingerprint density at radius 3 is 2.59 bits per heavy atom. The number of rotatable bonds is 2. The van der Waals surface area contributed by atoms with E-state index >= 15 is 0 Å². The molecule has 0 spiro atoms. The van der Waals surface area contributed by atoms with Crippen LogP contribution in [0.1, 0.15) is 16.1 Å². The molecule has 88 valence electrons. The molecule has 0 aliphatic rings. The van der Waals surface area contributed by atoms with Crippen molar-refractivity contribution in [3.8, 4) is 11.3 Å². The van der Waals surface area contributed by atoms with Crippen molar-refractivity contribution in [3.05, 3.63) is 41.6 Å². The number of aromatic nitrogens is 2. The van der Waals surface area contributed by atoms with Gasteiger partial charge in [-0.15, -0.1) is 0 Å². The topological polar surface area (TPSA) is 72.9 Å². The SMILES string of the molecule is Cc1ccc(-c2cc(C(=O)NN)nn2C)cc1. The number of nitrogen functional groups attached to an aromatic ring is 1. The van der Waals surface area contributed by atoms with Gasteiger partial charge >= 0.3 is 0 Å². The van der Waals surface area contributed by atoms with Gasteiger partial charge in [-0.3, -0.25) is 14.9 Å². The summed E-state index contributed by atoms with van der Waals surface area (Å²) in [5.74, 6) is 4.68. The molecule has 1 aromatic carbocycles. The Morgan fingerprint density at radius 2 is 2.00 bits per heavy atom. The number of nitrogens with zero attached hydrogens (tertiary/aromatic N) is 2. The quantitative estimate of drug-likeness (QED) is 0.459. The number of hydrazine groups is 1. The Hall–Kier alpha value is -2.14. The van der Waals surface area contributed by atoms with Gasteiger partial charge in [0.1, 0.15) is 0 Å². The number of nitrogens with one attached hydrogen (secondary N) is 1. The summed E-state index contributed by atoms with van der Waals surface area (Å²) in [5.41, 5.74) is 5.46. The molecule has 1 aromatic heterocycles. The Balaban J connectivity index is 2.42. The summed E-state index contributed by atoms with van der Waals surface area (Å²) >= 11 is 0. The fraction of sp³-hybridized carbons (Fsp3) is 0.167. The van der Waals surface area contributed by atoms with Gasteiger partial charge in [-0.2, -0.15) is 5.10 Å². The fourth-order valence-corrected chi connectivity index (χ4v) is 1.65. The van der Waals surface area contributed by atoms with Gasteiger partial charge in [0.15, 0.2) is 5.69 Å². The van der Waals surface area contributed by atoms with Crippen molar-refractivity contribution in [1.29, 1.82) is 0 Å². The smallest absolute Gasteiger partial charge is 0.285 e. The molecule has 1 heterocycles. The number of hydrogen-bond acceptors (Lipinski definition) is 3. The van der Waals surface area contributed by atoms with E-state index in [4.69, 9.17) is 5.84 Å². The van der Waals surface area contributed by atoms with E-state index in [0.29, 0.717) is 5.69 Å². The number of nitrogens with two attached hydrogens (primary N) is 1. The average molecular weight is 230 g/mol. The summed E-state index contributed by atoms with van der Waals surface area (Å²) in [6.45, 7) is 2.03. The van der Waals surface area contributed by atoms with E-state index in [-0.39, 0.29) is 5.91 Å². The minimum absolute atomic E-state index is 0.311. The highest BCUT2D eigenvalue weighted by Crippen LogP contribution is 2.20. The molecule has 0 aliphatic heterocycles. The molecule has 1 amide bonds. The maximum Gasteiger partial charge on any atom is 0.285 e. The van der Waals surface area contributed by atoms with Crippen molar-refractivity contribution in [2.24, 2.45) is 12.9 Å². The molecular weight excluding hydrogens is 216 g/mol. The van der Waals surface area contributed by atoms with Gasteiger partial charge in [0.2, 0.25) is 0 Å². The molecule has 2 aromatic rings. The van der Waals surface area contributed by atoms with Gasteiger partial charge in [-0.25, -0.2) is 5.84 Å². The molecule has 0 aliphatic carbocycles. The summed E-state index contributed by atoms with van der Waals surface area (Å²) in [6, 6.07) is 9.75. The predicted octanol–water partition coefficient (Wildman–Crippen LogP) is 0.999. The van der Waals surface area contributed by atoms with Gasteiger partial charge in [-0.05, 0) is 18.6 Å². The minimum atomic E-state index is -0.390. The average Bonchev–Trinajstić information content (AvgIpc) is 2.71. The third-order valence-electron chi connectivity index (χ3n) is 2.59. The summed E-state index contributed by atoms with van der Waals surface area (Å²) in [6.07, 6.45) is 0. The molecule has 2 rings (SSSR count). The summed E-state index contributed by atoms with van der Waals surface area (Å²) in [7, 11) is 1.79. The van der Waals surface area contributed by atoms with Gasteiger partial charge in [-0.1, -0.05) is 29.8 Å². The van der Waals surface area contributed by atoms with Crippen molar-refractivity contribution in [1.82, 2.24) is 15.2 Å². The van der Waals surface area contributed by atoms with Crippen LogP contribution in [0.4, 0.5) is 0 Å². The van der Waals surface area contributed by atoms with E-state index in [0.717, 1.165) is 11.3 Å². The van der Waals surface area contributed by atoms with Crippen LogP contribution < -0.4 is 11.3 Å². The molecule has 0 bridgehead atoms. The Bertz CT molecular complexity index is 542. The lowest BCUT2D eigenvalue weighted by Gasteiger charge is -2.01. The van der Waals surface area contributed by atoms with Gasteiger partial charge in [0.05, 0.1) is 5.69 Å². The zero-order chi connectivity index (χ0) is 12.4. The van der Waals surface area contributed by atoms with Crippen LogP contribution in [0, 0.1) is 6.92 Å². The van der Waals surface area contributed by atoms with Crippen molar-refractivity contribution in [2.75, 3.05) is 0 Å². The molecule has 0 saturated carbocycles. The van der Waals surface area contributed by atoms with Crippen LogP contribution in [-0.4, -0.2) is 15.7 Å². The lowest BCUT2D eigenvalue weighted by atomic mass is 10.1. The highest BCUT2D eigenvalue weighted by atomic mass is 16.2. The second kappa shape index (κ2) is 4.39. The van der Waals surface area contributed by atoms with Crippen LogP contribution in [0.15, 0.2) is 30.3 Å². The first-order valence-electron chi connectivity index (χ1n) is 5.24. The number of carbonyl (C=O) groups is 1. The van der Waals surface area contributed by atoms with Crippen LogP contribution in [0.3, 0.4) is 0 Å². The molecule has 0 saturated heterocycles. The summed E-state index contributed by atoms with van der Waals surface area (Å²) in [4.78, 5) is 11.4. The van der Waals surface area contributed by atoms with Crippen LogP contribution in [0.2, 0.25) is 0 Å². The largest absolute Gasteiger partial charge is 0.289 e. The van der Waals surface area contributed by atoms with E-state index in [2.05, 4.69) is 10.5 Å². The third-order valence-corrected chi connectivity index (χ3v) is 2.59. The molecule has 0 atom stereocenters. The predicted molar refractivity (Wildman–Crippen MR) is 65.0 cm³/mol. The first kappa shape index (κ1) is 11.3. The Morgan fingerprint density at radius 1 is 1.35 bits per heavy atom. The van der Waals surface area contributed by atoms with Gasteiger partial charge < -0.3 is 0 Å². The van der Waals surface area contributed by atoms with E-state index in [1.165, 1.54) is 5.56 Å². The lowest BCUT2D eigenvalue weighted by molar-refractivity contribution is 0.0948. The molecule has 5 heteroatoms.